The number of carbonyl (C=O) groups is 1. The number of rotatable bonds is 8. The highest BCUT2D eigenvalue weighted by Crippen LogP contribution is 2.20. The molecule has 0 saturated heterocycles. The first-order valence-corrected chi connectivity index (χ1v) is 8.90. The van der Waals surface area contributed by atoms with Crippen molar-refractivity contribution in [1.29, 1.82) is 0 Å². The van der Waals surface area contributed by atoms with Crippen molar-refractivity contribution in [3.05, 3.63) is 58.1 Å². The first-order chi connectivity index (χ1) is 12.1. The van der Waals surface area contributed by atoms with Crippen LogP contribution in [0.4, 0.5) is 0 Å². The summed E-state index contributed by atoms with van der Waals surface area (Å²) in [5, 5.41) is 13.5. The van der Waals surface area contributed by atoms with Gasteiger partial charge in [0, 0.05) is 10.0 Å². The number of unbranched alkanes of at least 4 members (excludes halogenated alkanes) is 1. The topological polar surface area (TPSA) is 70.9 Å². The molecule has 2 rings (SSSR count). The maximum atomic E-state index is 11.7. The van der Waals surface area contributed by atoms with Crippen molar-refractivity contribution in [3.8, 4) is 11.5 Å². The molecule has 0 aromatic heterocycles. The molecule has 0 atom stereocenters. The molecule has 0 unspecified atom stereocenters. The second-order valence-corrected chi connectivity index (χ2v) is 6.45. The lowest BCUT2D eigenvalue weighted by Gasteiger charge is -2.06. The number of hydrogen-bond acceptors (Lipinski definition) is 4. The lowest BCUT2D eigenvalue weighted by molar-refractivity contribution is -0.123. The van der Waals surface area contributed by atoms with Gasteiger partial charge in [-0.1, -0.05) is 41.4 Å². The molecule has 0 aliphatic heterocycles. The van der Waals surface area contributed by atoms with Crippen LogP contribution in [0.15, 0.2) is 52.0 Å². The number of phenols is 1. The SMILES string of the molecule is CCCCc1ccc(OCC(=O)N/N=C\c2cc(Br)ccc2O)cc1. The highest BCUT2D eigenvalue weighted by atomic mass is 79.9. The molecule has 2 N–H and O–H groups in total. The standard InChI is InChI=1S/C19H21BrN2O3/c1-2-3-4-14-5-8-17(9-6-14)25-13-19(24)22-21-12-15-11-16(20)7-10-18(15)23/h5-12,23H,2-4,13H2,1H3,(H,22,24)/b21-12-. The summed E-state index contributed by atoms with van der Waals surface area (Å²) >= 11 is 3.31. The number of nitrogens with one attached hydrogen (secondary N) is 1. The molecular weight excluding hydrogens is 384 g/mol. The highest BCUT2D eigenvalue weighted by molar-refractivity contribution is 9.10. The Morgan fingerprint density at radius 1 is 1.28 bits per heavy atom. The molecule has 25 heavy (non-hydrogen) atoms. The van der Waals surface area contributed by atoms with Crippen molar-refractivity contribution in [2.45, 2.75) is 26.2 Å². The Kier molecular flexibility index (Phi) is 7.47. The van der Waals surface area contributed by atoms with Crippen molar-refractivity contribution in [2.75, 3.05) is 6.61 Å². The molecule has 2 aromatic rings. The van der Waals surface area contributed by atoms with E-state index >= 15 is 0 Å². The number of aryl methyl sites for hydroxylation is 1. The molecule has 0 aliphatic carbocycles. The van der Waals surface area contributed by atoms with Gasteiger partial charge in [0.05, 0.1) is 6.21 Å². The molecule has 0 saturated carbocycles. The Bertz CT molecular complexity index is 730. The van der Waals surface area contributed by atoms with Crippen LogP contribution in [0.2, 0.25) is 0 Å². The van der Waals surface area contributed by atoms with Crippen LogP contribution in [0.3, 0.4) is 0 Å². The third kappa shape index (κ3) is 6.58. The summed E-state index contributed by atoms with van der Waals surface area (Å²) in [7, 11) is 0. The zero-order chi connectivity index (χ0) is 18.1. The number of hydrogen-bond donors (Lipinski definition) is 2. The van der Waals surface area contributed by atoms with E-state index in [0.717, 1.165) is 23.7 Å². The molecule has 0 bridgehead atoms. The second-order valence-electron chi connectivity index (χ2n) is 5.53. The number of ether oxygens (including phenoxy) is 1. The summed E-state index contributed by atoms with van der Waals surface area (Å²) in [6.45, 7) is 2.03. The number of hydrazone groups is 1. The quantitative estimate of drug-likeness (QED) is 0.515. The first-order valence-electron chi connectivity index (χ1n) is 8.10. The van der Waals surface area contributed by atoms with Crippen LogP contribution >= 0.6 is 15.9 Å². The minimum atomic E-state index is -0.374. The Balaban J connectivity index is 1.78. The zero-order valence-electron chi connectivity index (χ0n) is 14.0. The normalized spacial score (nSPS) is 10.8. The second kappa shape index (κ2) is 9.84. The average Bonchev–Trinajstić information content (AvgIpc) is 2.62. The minimum absolute atomic E-state index is 0.0839. The van der Waals surface area contributed by atoms with Crippen LogP contribution in [0.1, 0.15) is 30.9 Å². The average molecular weight is 405 g/mol. The van der Waals surface area contributed by atoms with Gasteiger partial charge in [0.2, 0.25) is 0 Å². The van der Waals surface area contributed by atoms with E-state index < -0.39 is 0 Å². The molecule has 0 heterocycles. The van der Waals surface area contributed by atoms with Crippen LogP contribution in [-0.2, 0) is 11.2 Å². The van der Waals surface area contributed by atoms with Crippen molar-refractivity contribution in [3.63, 3.8) is 0 Å². The Hall–Kier alpha value is -2.34. The van der Waals surface area contributed by atoms with Crippen molar-refractivity contribution in [1.82, 2.24) is 5.43 Å². The lowest BCUT2D eigenvalue weighted by Crippen LogP contribution is -2.24. The van der Waals surface area contributed by atoms with Crippen molar-refractivity contribution in [2.24, 2.45) is 5.10 Å². The van der Waals surface area contributed by atoms with Crippen molar-refractivity contribution >= 4 is 28.1 Å². The molecule has 5 nitrogen and oxygen atoms in total. The van der Waals surface area contributed by atoms with Crippen molar-refractivity contribution < 1.29 is 14.6 Å². The molecule has 0 radical (unpaired) electrons. The van der Waals surface area contributed by atoms with Gasteiger partial charge in [-0.15, -0.1) is 0 Å². The summed E-state index contributed by atoms with van der Waals surface area (Å²) in [5.74, 6) is 0.352. The maximum Gasteiger partial charge on any atom is 0.277 e. The van der Waals surface area contributed by atoms with E-state index in [1.165, 1.54) is 11.8 Å². The lowest BCUT2D eigenvalue weighted by atomic mass is 10.1. The monoisotopic (exact) mass is 404 g/mol. The number of aromatic hydroxyl groups is 1. The van der Waals surface area contributed by atoms with E-state index in [1.807, 2.05) is 24.3 Å². The predicted octanol–water partition coefficient (Wildman–Crippen LogP) is 4.03. The van der Waals surface area contributed by atoms with Gasteiger partial charge in [-0.05, 0) is 48.7 Å². The summed E-state index contributed by atoms with van der Waals surface area (Å²) in [6.07, 6.45) is 4.75. The van der Waals surface area contributed by atoms with E-state index in [0.29, 0.717) is 11.3 Å². The Morgan fingerprint density at radius 2 is 2.04 bits per heavy atom. The van der Waals surface area contributed by atoms with Gasteiger partial charge in [0.1, 0.15) is 11.5 Å². The Labute approximate surface area is 155 Å². The van der Waals surface area contributed by atoms with Gasteiger partial charge in [-0.3, -0.25) is 4.79 Å². The van der Waals surface area contributed by atoms with Crippen LogP contribution in [0.5, 0.6) is 11.5 Å². The minimum Gasteiger partial charge on any atom is -0.507 e. The van der Waals surface area contributed by atoms with Crippen LogP contribution in [0.25, 0.3) is 0 Å². The maximum absolute atomic E-state index is 11.7. The van der Waals surface area contributed by atoms with Gasteiger partial charge in [0.15, 0.2) is 6.61 Å². The molecule has 0 spiro atoms. The summed E-state index contributed by atoms with van der Waals surface area (Å²) in [4.78, 5) is 11.7. The van der Waals surface area contributed by atoms with E-state index in [-0.39, 0.29) is 18.3 Å². The Morgan fingerprint density at radius 3 is 2.76 bits per heavy atom. The molecular formula is C19H21BrN2O3. The summed E-state index contributed by atoms with van der Waals surface area (Å²) in [6, 6.07) is 12.7. The van der Waals surface area contributed by atoms with Gasteiger partial charge in [-0.25, -0.2) is 5.43 Å². The number of amides is 1. The van der Waals surface area contributed by atoms with Gasteiger partial charge < -0.3 is 9.84 Å². The number of halogens is 1. The number of carbonyl (C=O) groups excluding carboxylic acids is 1. The fourth-order valence-electron chi connectivity index (χ4n) is 2.12. The molecule has 132 valence electrons. The summed E-state index contributed by atoms with van der Waals surface area (Å²) < 4.78 is 6.24. The summed E-state index contributed by atoms with van der Waals surface area (Å²) in [5.41, 5.74) is 4.13. The van der Waals surface area contributed by atoms with E-state index in [9.17, 15) is 9.90 Å². The third-order valence-corrected chi connectivity index (χ3v) is 3.99. The fraction of sp³-hybridized carbons (Fsp3) is 0.263. The van der Waals surface area contributed by atoms with E-state index in [2.05, 4.69) is 33.4 Å². The smallest absolute Gasteiger partial charge is 0.277 e. The number of phenolic OH excluding ortho intramolecular Hbond substituents is 1. The zero-order valence-corrected chi connectivity index (χ0v) is 15.6. The van der Waals surface area contributed by atoms with E-state index in [1.54, 1.807) is 18.2 Å². The molecule has 0 fully saturated rings. The fourth-order valence-corrected chi connectivity index (χ4v) is 2.50. The third-order valence-electron chi connectivity index (χ3n) is 3.49. The molecule has 6 heteroatoms. The first kappa shape index (κ1) is 19.0. The van der Waals surface area contributed by atoms with Crippen LogP contribution in [0, 0.1) is 0 Å². The predicted molar refractivity (Wildman–Crippen MR) is 102 cm³/mol. The molecule has 1 amide bonds. The van der Waals surface area contributed by atoms with E-state index in [4.69, 9.17) is 4.74 Å². The molecule has 2 aromatic carbocycles. The largest absolute Gasteiger partial charge is 0.507 e. The number of nitrogens with zero attached hydrogens (tertiary/aromatic N) is 1. The van der Waals surface area contributed by atoms with Crippen LogP contribution in [-0.4, -0.2) is 23.8 Å². The van der Waals surface area contributed by atoms with Gasteiger partial charge >= 0.3 is 0 Å². The number of benzene rings is 2. The molecule has 0 aliphatic rings. The van der Waals surface area contributed by atoms with Gasteiger partial charge in [-0.2, -0.15) is 5.10 Å². The van der Waals surface area contributed by atoms with Gasteiger partial charge in [0.25, 0.3) is 5.91 Å². The highest BCUT2D eigenvalue weighted by Gasteiger charge is 2.03. The van der Waals surface area contributed by atoms with Crippen LogP contribution < -0.4 is 10.2 Å².